The minimum Gasteiger partial charge on any atom is -0.484 e. The molecule has 0 fully saturated rings. The van der Waals surface area contributed by atoms with E-state index in [0.29, 0.717) is 16.3 Å². The van der Waals surface area contributed by atoms with Gasteiger partial charge in [0.05, 0.1) is 5.56 Å². The summed E-state index contributed by atoms with van der Waals surface area (Å²) in [5, 5.41) is 6.18. The number of thiophene rings is 1. The fourth-order valence-electron chi connectivity index (χ4n) is 2.90. The molecule has 136 valence electrons. The van der Waals surface area contributed by atoms with E-state index in [1.165, 1.54) is 11.3 Å². The SMILES string of the molecule is Cc1cccc(OCC(=O)NC(=S)Nc2sc3c(c2C(N)=O)CCC3)c1. The highest BCUT2D eigenvalue weighted by molar-refractivity contribution is 7.80. The third-order valence-electron chi connectivity index (χ3n) is 4.01. The first-order valence-electron chi connectivity index (χ1n) is 8.18. The minimum absolute atomic E-state index is 0.116. The van der Waals surface area contributed by atoms with Crippen LogP contribution in [-0.4, -0.2) is 23.5 Å². The maximum atomic E-state index is 12.0. The number of carbonyl (C=O) groups excluding carboxylic acids is 2. The second-order valence-electron chi connectivity index (χ2n) is 6.03. The molecule has 0 saturated heterocycles. The van der Waals surface area contributed by atoms with Crippen molar-refractivity contribution in [3.05, 3.63) is 45.8 Å². The third kappa shape index (κ3) is 4.20. The fraction of sp³-hybridized carbons (Fsp3) is 0.278. The zero-order chi connectivity index (χ0) is 18.7. The second kappa shape index (κ2) is 7.84. The lowest BCUT2D eigenvalue weighted by Gasteiger charge is -2.11. The van der Waals surface area contributed by atoms with Gasteiger partial charge in [-0.25, -0.2) is 0 Å². The normalized spacial score (nSPS) is 12.3. The van der Waals surface area contributed by atoms with Gasteiger partial charge in [0.15, 0.2) is 11.7 Å². The Morgan fingerprint density at radius 3 is 2.88 bits per heavy atom. The highest BCUT2D eigenvalue weighted by Crippen LogP contribution is 2.38. The van der Waals surface area contributed by atoms with Crippen molar-refractivity contribution in [2.75, 3.05) is 11.9 Å². The van der Waals surface area contributed by atoms with E-state index in [4.69, 9.17) is 22.7 Å². The number of ether oxygens (including phenoxy) is 1. The zero-order valence-electron chi connectivity index (χ0n) is 14.3. The van der Waals surface area contributed by atoms with Gasteiger partial charge in [0.2, 0.25) is 0 Å². The fourth-order valence-corrected chi connectivity index (χ4v) is 4.48. The van der Waals surface area contributed by atoms with Crippen LogP contribution in [0.1, 0.15) is 32.8 Å². The molecule has 0 saturated carbocycles. The topological polar surface area (TPSA) is 93.4 Å². The molecule has 6 nitrogen and oxygen atoms in total. The van der Waals surface area contributed by atoms with Crippen LogP contribution < -0.4 is 21.1 Å². The van der Waals surface area contributed by atoms with E-state index in [-0.39, 0.29) is 17.6 Å². The number of hydrogen-bond acceptors (Lipinski definition) is 5. The Hall–Kier alpha value is -2.45. The molecular weight excluding hydrogens is 370 g/mol. The number of nitrogens with two attached hydrogens (primary N) is 1. The molecule has 1 aliphatic rings. The predicted molar refractivity (Wildman–Crippen MR) is 106 cm³/mol. The average Bonchev–Trinajstić information content (AvgIpc) is 3.13. The zero-order valence-corrected chi connectivity index (χ0v) is 15.9. The van der Waals surface area contributed by atoms with Gasteiger partial charge in [-0.1, -0.05) is 12.1 Å². The first kappa shape index (κ1) is 18.3. The van der Waals surface area contributed by atoms with Crippen LogP contribution in [0.2, 0.25) is 0 Å². The highest BCUT2D eigenvalue weighted by Gasteiger charge is 2.25. The number of rotatable bonds is 5. The number of anilines is 1. The number of nitrogens with one attached hydrogen (secondary N) is 2. The van der Waals surface area contributed by atoms with Gasteiger partial charge in [-0.3, -0.25) is 14.9 Å². The monoisotopic (exact) mass is 389 g/mol. The van der Waals surface area contributed by atoms with Crippen LogP contribution >= 0.6 is 23.6 Å². The molecule has 2 aromatic rings. The maximum absolute atomic E-state index is 12.0. The van der Waals surface area contributed by atoms with Crippen LogP contribution in [0.4, 0.5) is 5.00 Å². The van der Waals surface area contributed by atoms with Gasteiger partial charge in [0.1, 0.15) is 10.8 Å². The summed E-state index contributed by atoms with van der Waals surface area (Å²) < 4.78 is 5.44. The molecule has 1 heterocycles. The summed E-state index contributed by atoms with van der Waals surface area (Å²) in [6, 6.07) is 7.43. The summed E-state index contributed by atoms with van der Waals surface area (Å²) in [5.41, 5.74) is 8.04. The summed E-state index contributed by atoms with van der Waals surface area (Å²) in [6.45, 7) is 1.79. The van der Waals surface area contributed by atoms with Gasteiger partial charge in [0, 0.05) is 4.88 Å². The molecule has 4 N–H and O–H groups in total. The molecule has 0 unspecified atom stereocenters. The first-order chi connectivity index (χ1) is 12.4. The number of primary amides is 1. The van der Waals surface area contributed by atoms with Crippen molar-refractivity contribution in [2.45, 2.75) is 26.2 Å². The van der Waals surface area contributed by atoms with E-state index in [9.17, 15) is 9.59 Å². The Morgan fingerprint density at radius 2 is 2.15 bits per heavy atom. The van der Waals surface area contributed by atoms with E-state index >= 15 is 0 Å². The van der Waals surface area contributed by atoms with Crippen molar-refractivity contribution in [1.82, 2.24) is 5.32 Å². The molecule has 0 atom stereocenters. The lowest BCUT2D eigenvalue weighted by molar-refractivity contribution is -0.121. The summed E-state index contributed by atoms with van der Waals surface area (Å²) in [6.07, 6.45) is 2.81. The number of thiocarbonyl (C=S) groups is 1. The van der Waals surface area contributed by atoms with Crippen LogP contribution in [0.3, 0.4) is 0 Å². The van der Waals surface area contributed by atoms with Gasteiger partial charge in [-0.05, 0) is 61.7 Å². The highest BCUT2D eigenvalue weighted by atomic mass is 32.1. The number of hydrogen-bond donors (Lipinski definition) is 3. The Morgan fingerprint density at radius 1 is 1.35 bits per heavy atom. The molecule has 2 amide bonds. The maximum Gasteiger partial charge on any atom is 0.264 e. The van der Waals surface area contributed by atoms with Gasteiger partial charge < -0.3 is 15.8 Å². The van der Waals surface area contributed by atoms with Crippen molar-refractivity contribution < 1.29 is 14.3 Å². The van der Waals surface area contributed by atoms with Crippen molar-refractivity contribution in [3.63, 3.8) is 0 Å². The molecule has 0 bridgehead atoms. The second-order valence-corrected chi connectivity index (χ2v) is 7.55. The van der Waals surface area contributed by atoms with Crippen LogP contribution in [0, 0.1) is 6.92 Å². The number of carbonyl (C=O) groups is 2. The van der Waals surface area contributed by atoms with E-state index in [0.717, 1.165) is 35.3 Å². The summed E-state index contributed by atoms with van der Waals surface area (Å²) in [7, 11) is 0. The molecule has 1 aromatic heterocycles. The van der Waals surface area contributed by atoms with Crippen molar-refractivity contribution in [2.24, 2.45) is 5.73 Å². The summed E-state index contributed by atoms with van der Waals surface area (Å²) in [4.78, 5) is 24.9. The van der Waals surface area contributed by atoms with E-state index in [1.54, 1.807) is 6.07 Å². The van der Waals surface area contributed by atoms with Crippen LogP contribution in [0.25, 0.3) is 0 Å². The average molecular weight is 390 g/mol. The minimum atomic E-state index is -0.483. The lowest BCUT2D eigenvalue weighted by Crippen LogP contribution is -2.37. The Kier molecular flexibility index (Phi) is 5.53. The van der Waals surface area contributed by atoms with Crippen molar-refractivity contribution >= 4 is 45.5 Å². The van der Waals surface area contributed by atoms with Crippen LogP contribution in [-0.2, 0) is 17.6 Å². The van der Waals surface area contributed by atoms with Crippen LogP contribution in [0.15, 0.2) is 24.3 Å². The van der Waals surface area contributed by atoms with E-state index in [1.807, 2.05) is 25.1 Å². The molecule has 26 heavy (non-hydrogen) atoms. The molecule has 0 radical (unpaired) electrons. The molecule has 8 heteroatoms. The molecule has 1 aromatic carbocycles. The third-order valence-corrected chi connectivity index (χ3v) is 5.42. The van der Waals surface area contributed by atoms with Gasteiger partial charge in [-0.2, -0.15) is 0 Å². The van der Waals surface area contributed by atoms with Gasteiger partial charge in [0.25, 0.3) is 11.8 Å². The first-order valence-corrected chi connectivity index (χ1v) is 9.41. The standard InChI is InChI=1S/C18H19N3O3S2/c1-10-4-2-5-11(8-10)24-9-14(22)20-18(25)21-17-15(16(19)23)12-6-3-7-13(12)26-17/h2,4-5,8H,3,6-7,9H2,1H3,(H2,19,23)(H2,20,21,22,25). The summed E-state index contributed by atoms with van der Waals surface area (Å²) >= 11 is 6.64. The molecular formula is C18H19N3O3S2. The van der Waals surface area contributed by atoms with Crippen molar-refractivity contribution in [1.29, 1.82) is 0 Å². The van der Waals surface area contributed by atoms with Gasteiger partial charge in [-0.15, -0.1) is 11.3 Å². The van der Waals surface area contributed by atoms with E-state index in [2.05, 4.69) is 10.6 Å². The Bertz CT molecular complexity index is 877. The Labute approximate surface area is 160 Å². The molecule has 3 rings (SSSR count). The molecule has 1 aliphatic carbocycles. The number of benzene rings is 1. The van der Waals surface area contributed by atoms with Gasteiger partial charge >= 0.3 is 0 Å². The number of fused-ring (bicyclic) bond motifs is 1. The number of amides is 2. The smallest absolute Gasteiger partial charge is 0.264 e. The van der Waals surface area contributed by atoms with E-state index < -0.39 is 5.91 Å². The molecule has 0 spiro atoms. The number of aryl methyl sites for hydroxylation is 2. The summed E-state index contributed by atoms with van der Waals surface area (Å²) in [5.74, 6) is -0.248. The van der Waals surface area contributed by atoms with Crippen molar-refractivity contribution in [3.8, 4) is 5.75 Å². The quantitative estimate of drug-likeness (QED) is 0.684. The predicted octanol–water partition coefficient (Wildman–Crippen LogP) is 2.54. The largest absolute Gasteiger partial charge is 0.484 e. The Balaban J connectivity index is 1.57. The lowest BCUT2D eigenvalue weighted by atomic mass is 10.1. The van der Waals surface area contributed by atoms with Crippen LogP contribution in [0.5, 0.6) is 5.75 Å². The molecule has 0 aliphatic heterocycles.